The lowest BCUT2D eigenvalue weighted by atomic mass is 10.0. The van der Waals surface area contributed by atoms with Crippen LogP contribution in [0.2, 0.25) is 0 Å². The van der Waals surface area contributed by atoms with Gasteiger partial charge in [-0.1, -0.05) is 0 Å². The smallest absolute Gasteiger partial charge is 0.253 e. The van der Waals surface area contributed by atoms with Gasteiger partial charge in [-0.05, 0) is 50.5 Å². The van der Waals surface area contributed by atoms with Crippen molar-refractivity contribution < 1.29 is 4.79 Å². The van der Waals surface area contributed by atoms with Crippen LogP contribution in [0, 0.1) is 0 Å². The minimum absolute atomic E-state index is 0.142. The van der Waals surface area contributed by atoms with Crippen molar-refractivity contribution in [3.8, 4) is 0 Å². The molecule has 1 amide bonds. The van der Waals surface area contributed by atoms with Crippen LogP contribution in [0.1, 0.15) is 36.2 Å². The standard InChI is InChI=1S/C14H20N2O/c1-3-16(4-2)14(17)12-7-8-13-11(10-12)6-5-9-15-13/h7-8,10,15H,3-6,9H2,1-2H3. The molecule has 0 fully saturated rings. The van der Waals surface area contributed by atoms with E-state index in [4.69, 9.17) is 0 Å². The highest BCUT2D eigenvalue weighted by molar-refractivity contribution is 5.95. The third kappa shape index (κ3) is 2.43. The van der Waals surface area contributed by atoms with E-state index in [-0.39, 0.29) is 5.91 Å². The number of amides is 1. The summed E-state index contributed by atoms with van der Waals surface area (Å²) < 4.78 is 0. The summed E-state index contributed by atoms with van der Waals surface area (Å²) in [5.41, 5.74) is 3.28. The first-order chi connectivity index (χ1) is 8.26. The molecule has 17 heavy (non-hydrogen) atoms. The predicted octanol–water partition coefficient (Wildman–Crippen LogP) is 2.53. The molecule has 3 nitrogen and oxygen atoms in total. The van der Waals surface area contributed by atoms with Crippen molar-refractivity contribution in [3.63, 3.8) is 0 Å². The van der Waals surface area contributed by atoms with Gasteiger partial charge in [-0.15, -0.1) is 0 Å². The minimum Gasteiger partial charge on any atom is -0.385 e. The quantitative estimate of drug-likeness (QED) is 0.868. The average molecular weight is 232 g/mol. The summed E-state index contributed by atoms with van der Waals surface area (Å²) in [5.74, 6) is 0.142. The van der Waals surface area contributed by atoms with E-state index in [9.17, 15) is 4.79 Å². The lowest BCUT2D eigenvalue weighted by Crippen LogP contribution is -2.30. The molecule has 0 saturated heterocycles. The van der Waals surface area contributed by atoms with Crippen LogP contribution in [0.25, 0.3) is 0 Å². The number of carbonyl (C=O) groups is 1. The van der Waals surface area contributed by atoms with Gasteiger partial charge in [-0.2, -0.15) is 0 Å². The largest absolute Gasteiger partial charge is 0.385 e. The zero-order chi connectivity index (χ0) is 12.3. The van der Waals surface area contributed by atoms with Crippen molar-refractivity contribution in [2.24, 2.45) is 0 Å². The maximum Gasteiger partial charge on any atom is 0.253 e. The predicted molar refractivity (Wildman–Crippen MR) is 70.5 cm³/mol. The van der Waals surface area contributed by atoms with E-state index in [0.717, 1.165) is 38.0 Å². The monoisotopic (exact) mass is 232 g/mol. The zero-order valence-electron chi connectivity index (χ0n) is 10.6. The van der Waals surface area contributed by atoms with Gasteiger partial charge in [-0.25, -0.2) is 0 Å². The number of fused-ring (bicyclic) bond motifs is 1. The average Bonchev–Trinajstić information content (AvgIpc) is 2.39. The van der Waals surface area contributed by atoms with Crippen molar-refractivity contribution in [1.82, 2.24) is 4.90 Å². The maximum absolute atomic E-state index is 12.2. The molecular weight excluding hydrogens is 212 g/mol. The highest BCUT2D eigenvalue weighted by atomic mass is 16.2. The Kier molecular flexibility index (Phi) is 3.67. The Morgan fingerprint density at radius 3 is 2.82 bits per heavy atom. The van der Waals surface area contributed by atoms with Crippen LogP contribution in [-0.2, 0) is 6.42 Å². The Balaban J connectivity index is 2.24. The summed E-state index contributed by atoms with van der Waals surface area (Å²) in [6.45, 7) is 6.61. The molecule has 1 aromatic carbocycles. The van der Waals surface area contributed by atoms with E-state index in [2.05, 4.69) is 5.32 Å². The molecule has 1 aliphatic rings. The van der Waals surface area contributed by atoms with Crippen LogP contribution in [0.15, 0.2) is 18.2 Å². The van der Waals surface area contributed by atoms with Crippen LogP contribution < -0.4 is 5.32 Å². The zero-order valence-corrected chi connectivity index (χ0v) is 10.6. The van der Waals surface area contributed by atoms with Crippen LogP contribution in [0.5, 0.6) is 0 Å². The Labute approximate surface area is 103 Å². The van der Waals surface area contributed by atoms with Crippen LogP contribution >= 0.6 is 0 Å². The number of anilines is 1. The first kappa shape index (κ1) is 12.0. The fourth-order valence-corrected chi connectivity index (χ4v) is 2.30. The van der Waals surface area contributed by atoms with Gasteiger partial charge < -0.3 is 10.2 Å². The SMILES string of the molecule is CCN(CC)C(=O)c1ccc2c(c1)CCCN2. The van der Waals surface area contributed by atoms with Crippen molar-refractivity contribution in [2.75, 3.05) is 25.0 Å². The molecular formula is C14H20N2O. The number of rotatable bonds is 3. The molecule has 1 N–H and O–H groups in total. The van der Waals surface area contributed by atoms with Crippen molar-refractivity contribution in [1.29, 1.82) is 0 Å². The van der Waals surface area contributed by atoms with Crippen molar-refractivity contribution >= 4 is 11.6 Å². The number of hydrogen-bond donors (Lipinski definition) is 1. The number of nitrogens with one attached hydrogen (secondary N) is 1. The molecule has 0 unspecified atom stereocenters. The van der Waals surface area contributed by atoms with Gasteiger partial charge in [0.25, 0.3) is 5.91 Å². The van der Waals surface area contributed by atoms with Gasteiger partial charge in [0.2, 0.25) is 0 Å². The Morgan fingerprint density at radius 1 is 1.35 bits per heavy atom. The van der Waals surface area contributed by atoms with Crippen molar-refractivity contribution in [3.05, 3.63) is 29.3 Å². The molecule has 0 atom stereocenters. The molecule has 0 radical (unpaired) electrons. The fraction of sp³-hybridized carbons (Fsp3) is 0.500. The number of hydrogen-bond acceptors (Lipinski definition) is 2. The lowest BCUT2D eigenvalue weighted by Gasteiger charge is -2.21. The van der Waals surface area contributed by atoms with Gasteiger partial charge in [0.1, 0.15) is 0 Å². The summed E-state index contributed by atoms with van der Waals surface area (Å²) in [5, 5.41) is 3.36. The second-order valence-corrected chi connectivity index (χ2v) is 4.38. The summed E-state index contributed by atoms with van der Waals surface area (Å²) in [4.78, 5) is 14.1. The molecule has 92 valence electrons. The summed E-state index contributed by atoms with van der Waals surface area (Å²) in [7, 11) is 0. The van der Waals surface area contributed by atoms with Gasteiger partial charge in [0.05, 0.1) is 0 Å². The Morgan fingerprint density at radius 2 is 2.12 bits per heavy atom. The van der Waals surface area contributed by atoms with Crippen molar-refractivity contribution in [2.45, 2.75) is 26.7 Å². The second kappa shape index (κ2) is 5.21. The van der Waals surface area contributed by atoms with Gasteiger partial charge in [0, 0.05) is 30.9 Å². The molecule has 2 rings (SSSR count). The van der Waals surface area contributed by atoms with Gasteiger partial charge in [0.15, 0.2) is 0 Å². The topological polar surface area (TPSA) is 32.3 Å². The molecule has 0 bridgehead atoms. The Bertz CT molecular complexity index is 411. The highest BCUT2D eigenvalue weighted by Crippen LogP contribution is 2.23. The molecule has 0 spiro atoms. The molecule has 1 aromatic rings. The fourth-order valence-electron chi connectivity index (χ4n) is 2.30. The summed E-state index contributed by atoms with van der Waals surface area (Å²) >= 11 is 0. The summed E-state index contributed by atoms with van der Waals surface area (Å²) in [6, 6.07) is 6.01. The first-order valence-electron chi connectivity index (χ1n) is 6.42. The normalized spacial score (nSPS) is 13.8. The lowest BCUT2D eigenvalue weighted by molar-refractivity contribution is 0.0773. The minimum atomic E-state index is 0.142. The number of aryl methyl sites for hydroxylation is 1. The molecule has 0 aliphatic carbocycles. The molecule has 1 heterocycles. The van der Waals surface area contributed by atoms with Crippen LogP contribution in [-0.4, -0.2) is 30.4 Å². The van der Waals surface area contributed by atoms with Crippen LogP contribution in [0.4, 0.5) is 5.69 Å². The number of carbonyl (C=O) groups excluding carboxylic acids is 1. The Hall–Kier alpha value is -1.51. The first-order valence-corrected chi connectivity index (χ1v) is 6.42. The molecule has 3 heteroatoms. The van der Waals surface area contributed by atoms with E-state index in [0.29, 0.717) is 0 Å². The summed E-state index contributed by atoms with van der Waals surface area (Å²) in [6.07, 6.45) is 2.22. The molecule has 0 aromatic heterocycles. The third-order valence-electron chi connectivity index (χ3n) is 3.34. The highest BCUT2D eigenvalue weighted by Gasteiger charge is 2.15. The number of nitrogens with zero attached hydrogens (tertiary/aromatic N) is 1. The van der Waals surface area contributed by atoms with Gasteiger partial charge >= 0.3 is 0 Å². The maximum atomic E-state index is 12.2. The van der Waals surface area contributed by atoms with E-state index >= 15 is 0 Å². The van der Waals surface area contributed by atoms with E-state index in [1.165, 1.54) is 11.3 Å². The van der Waals surface area contributed by atoms with E-state index in [1.54, 1.807) is 0 Å². The van der Waals surface area contributed by atoms with E-state index < -0.39 is 0 Å². The van der Waals surface area contributed by atoms with E-state index in [1.807, 2.05) is 36.9 Å². The number of benzene rings is 1. The second-order valence-electron chi connectivity index (χ2n) is 4.38. The molecule has 1 aliphatic heterocycles. The molecule has 0 saturated carbocycles. The van der Waals surface area contributed by atoms with Gasteiger partial charge in [-0.3, -0.25) is 4.79 Å². The third-order valence-corrected chi connectivity index (χ3v) is 3.34. The van der Waals surface area contributed by atoms with Crippen LogP contribution in [0.3, 0.4) is 0 Å².